The van der Waals surface area contributed by atoms with E-state index in [1.807, 2.05) is 0 Å². The minimum absolute atomic E-state index is 0.224. The average Bonchev–Trinajstić information content (AvgIpc) is 2.48. The highest BCUT2D eigenvalue weighted by Gasteiger charge is 2.11. The topological polar surface area (TPSA) is 35.8 Å². The smallest absolute Gasteiger partial charge is 0.126 e. The maximum Gasteiger partial charge on any atom is 0.126 e. The van der Waals surface area contributed by atoms with Crippen LogP contribution in [0.1, 0.15) is 49.3 Å². The Kier molecular flexibility index (Phi) is 5.31. The van der Waals surface area contributed by atoms with Gasteiger partial charge >= 0.3 is 0 Å². The molecular formula is C17H21FN2. The SMILES string of the molecule is Cc1cc(C(C#N)NCCC2=CCCCC2)ccc1F. The molecule has 0 aliphatic heterocycles. The normalized spacial score (nSPS) is 16.4. The molecule has 1 unspecified atom stereocenters. The van der Waals surface area contributed by atoms with Crippen LogP contribution in [0.3, 0.4) is 0 Å². The Morgan fingerprint density at radius 1 is 1.40 bits per heavy atom. The standard InChI is InChI=1S/C17H21FN2/c1-13-11-15(7-8-16(13)18)17(12-19)20-10-9-14-5-3-2-4-6-14/h5,7-8,11,17,20H,2-4,6,9-10H2,1H3. The van der Waals surface area contributed by atoms with Gasteiger partial charge in [0.1, 0.15) is 11.9 Å². The lowest BCUT2D eigenvalue weighted by atomic mass is 9.97. The first-order valence-electron chi connectivity index (χ1n) is 7.27. The second-order valence-corrected chi connectivity index (χ2v) is 5.38. The Balaban J connectivity index is 1.90. The van der Waals surface area contributed by atoms with Gasteiger partial charge in [-0.1, -0.05) is 23.8 Å². The number of halogens is 1. The number of hydrogen-bond acceptors (Lipinski definition) is 2. The predicted molar refractivity (Wildman–Crippen MR) is 78.7 cm³/mol. The summed E-state index contributed by atoms with van der Waals surface area (Å²) in [6, 6.07) is 6.75. The van der Waals surface area contributed by atoms with Gasteiger partial charge in [-0.25, -0.2) is 4.39 Å². The molecule has 0 aromatic heterocycles. The van der Waals surface area contributed by atoms with Gasteiger partial charge < -0.3 is 0 Å². The van der Waals surface area contributed by atoms with E-state index in [4.69, 9.17) is 0 Å². The van der Waals surface area contributed by atoms with E-state index in [1.165, 1.54) is 37.3 Å². The minimum Gasteiger partial charge on any atom is -0.298 e. The fourth-order valence-electron chi connectivity index (χ4n) is 2.59. The number of nitrogens with one attached hydrogen (secondary N) is 1. The number of nitriles is 1. The summed E-state index contributed by atoms with van der Waals surface area (Å²) in [4.78, 5) is 0. The van der Waals surface area contributed by atoms with E-state index in [-0.39, 0.29) is 11.9 Å². The van der Waals surface area contributed by atoms with E-state index in [0.717, 1.165) is 18.5 Å². The lowest BCUT2D eigenvalue weighted by Crippen LogP contribution is -2.22. The van der Waals surface area contributed by atoms with Gasteiger partial charge in [-0.15, -0.1) is 0 Å². The lowest BCUT2D eigenvalue weighted by Gasteiger charge is -2.16. The van der Waals surface area contributed by atoms with Crippen LogP contribution in [0.2, 0.25) is 0 Å². The lowest BCUT2D eigenvalue weighted by molar-refractivity contribution is 0.595. The first kappa shape index (κ1) is 14.7. The van der Waals surface area contributed by atoms with E-state index in [0.29, 0.717) is 5.56 Å². The zero-order chi connectivity index (χ0) is 14.4. The Morgan fingerprint density at radius 3 is 2.90 bits per heavy atom. The van der Waals surface area contributed by atoms with E-state index in [9.17, 15) is 9.65 Å². The molecule has 3 heteroatoms. The summed E-state index contributed by atoms with van der Waals surface area (Å²) in [7, 11) is 0. The molecule has 1 aromatic carbocycles. The molecule has 1 atom stereocenters. The molecule has 0 saturated carbocycles. The Morgan fingerprint density at radius 2 is 2.25 bits per heavy atom. The van der Waals surface area contributed by atoms with Gasteiger partial charge in [0.15, 0.2) is 0 Å². The van der Waals surface area contributed by atoms with Crippen molar-refractivity contribution in [2.24, 2.45) is 0 Å². The van der Waals surface area contributed by atoms with Gasteiger partial charge in [0, 0.05) is 6.54 Å². The molecule has 1 aromatic rings. The Labute approximate surface area is 120 Å². The van der Waals surface area contributed by atoms with Crippen molar-refractivity contribution in [3.63, 3.8) is 0 Å². The summed E-state index contributed by atoms with van der Waals surface area (Å²) in [6.45, 7) is 2.51. The maximum absolute atomic E-state index is 13.3. The molecule has 0 spiro atoms. The van der Waals surface area contributed by atoms with E-state index in [1.54, 1.807) is 19.1 Å². The summed E-state index contributed by atoms with van der Waals surface area (Å²) >= 11 is 0. The second kappa shape index (κ2) is 7.21. The van der Waals surface area contributed by atoms with E-state index in [2.05, 4.69) is 17.5 Å². The summed E-state index contributed by atoms with van der Waals surface area (Å²) < 4.78 is 13.3. The molecule has 1 N–H and O–H groups in total. The third-order valence-corrected chi connectivity index (χ3v) is 3.82. The summed E-state index contributed by atoms with van der Waals surface area (Å²) in [6.07, 6.45) is 8.28. The van der Waals surface area contributed by atoms with Crippen LogP contribution in [0.4, 0.5) is 4.39 Å². The van der Waals surface area contributed by atoms with Crippen LogP contribution < -0.4 is 5.32 Å². The van der Waals surface area contributed by atoms with Crippen molar-refractivity contribution in [3.05, 3.63) is 46.8 Å². The molecule has 0 fully saturated rings. The Bertz CT molecular complexity index is 528. The molecule has 1 aliphatic rings. The zero-order valence-corrected chi connectivity index (χ0v) is 12.0. The van der Waals surface area contributed by atoms with E-state index < -0.39 is 0 Å². The molecule has 0 saturated heterocycles. The first-order valence-corrected chi connectivity index (χ1v) is 7.27. The second-order valence-electron chi connectivity index (χ2n) is 5.38. The van der Waals surface area contributed by atoms with Gasteiger partial charge in [-0.3, -0.25) is 5.32 Å². The van der Waals surface area contributed by atoms with Crippen molar-refractivity contribution in [1.29, 1.82) is 5.26 Å². The van der Waals surface area contributed by atoms with Crippen LogP contribution in [0.25, 0.3) is 0 Å². The molecular weight excluding hydrogens is 251 g/mol. The maximum atomic E-state index is 13.3. The largest absolute Gasteiger partial charge is 0.298 e. The third kappa shape index (κ3) is 3.91. The molecule has 0 amide bonds. The van der Waals surface area contributed by atoms with E-state index >= 15 is 0 Å². The highest BCUT2D eigenvalue weighted by Crippen LogP contribution is 2.20. The fourth-order valence-corrected chi connectivity index (χ4v) is 2.59. The summed E-state index contributed by atoms with van der Waals surface area (Å²) in [5, 5.41) is 12.5. The number of allylic oxidation sites excluding steroid dienone is 1. The van der Waals surface area contributed by atoms with Crippen LogP contribution in [0.15, 0.2) is 29.8 Å². The highest BCUT2D eigenvalue weighted by molar-refractivity contribution is 5.29. The van der Waals surface area contributed by atoms with Crippen molar-refractivity contribution in [1.82, 2.24) is 5.32 Å². The molecule has 106 valence electrons. The Hall–Kier alpha value is -1.66. The van der Waals surface area contributed by atoms with Crippen molar-refractivity contribution in [3.8, 4) is 6.07 Å². The molecule has 0 radical (unpaired) electrons. The first-order chi connectivity index (χ1) is 9.70. The number of aryl methyl sites for hydroxylation is 1. The van der Waals surface area contributed by atoms with Crippen molar-refractivity contribution >= 4 is 0 Å². The third-order valence-electron chi connectivity index (χ3n) is 3.82. The number of benzene rings is 1. The van der Waals surface area contributed by atoms with Crippen LogP contribution >= 0.6 is 0 Å². The van der Waals surface area contributed by atoms with Crippen molar-refractivity contribution < 1.29 is 4.39 Å². The van der Waals surface area contributed by atoms with Gasteiger partial charge in [-0.05, 0) is 56.2 Å². The molecule has 0 heterocycles. The number of hydrogen-bond donors (Lipinski definition) is 1. The molecule has 20 heavy (non-hydrogen) atoms. The highest BCUT2D eigenvalue weighted by atomic mass is 19.1. The van der Waals surface area contributed by atoms with Crippen LogP contribution in [-0.4, -0.2) is 6.54 Å². The van der Waals surface area contributed by atoms with Gasteiger partial charge in [0.2, 0.25) is 0 Å². The number of nitrogens with zero attached hydrogens (tertiary/aromatic N) is 1. The fraction of sp³-hybridized carbons (Fsp3) is 0.471. The van der Waals surface area contributed by atoms with Gasteiger partial charge in [0.25, 0.3) is 0 Å². The van der Waals surface area contributed by atoms with Crippen molar-refractivity contribution in [2.45, 2.75) is 45.1 Å². The summed E-state index contributed by atoms with van der Waals surface area (Å²) in [5.41, 5.74) is 2.92. The molecule has 2 rings (SSSR count). The van der Waals surface area contributed by atoms with Crippen LogP contribution in [0, 0.1) is 24.1 Å². The molecule has 0 bridgehead atoms. The predicted octanol–water partition coefficient (Wildman–Crippen LogP) is 4.18. The molecule has 1 aliphatic carbocycles. The zero-order valence-electron chi connectivity index (χ0n) is 12.0. The van der Waals surface area contributed by atoms with Gasteiger partial charge in [0.05, 0.1) is 6.07 Å². The van der Waals surface area contributed by atoms with Gasteiger partial charge in [-0.2, -0.15) is 5.26 Å². The average molecular weight is 272 g/mol. The molecule has 2 nitrogen and oxygen atoms in total. The minimum atomic E-state index is -0.363. The number of rotatable bonds is 5. The quantitative estimate of drug-likeness (QED) is 0.816. The van der Waals surface area contributed by atoms with Crippen LogP contribution in [-0.2, 0) is 0 Å². The van der Waals surface area contributed by atoms with Crippen molar-refractivity contribution in [2.75, 3.05) is 6.54 Å². The monoisotopic (exact) mass is 272 g/mol. The summed E-state index contributed by atoms with van der Waals surface area (Å²) in [5.74, 6) is -0.224. The van der Waals surface area contributed by atoms with Crippen LogP contribution in [0.5, 0.6) is 0 Å².